The van der Waals surface area contributed by atoms with Crippen molar-refractivity contribution < 1.29 is 4.74 Å². The molecule has 2 unspecified atom stereocenters. The fraction of sp³-hybridized carbons (Fsp3) is 0.857. The third kappa shape index (κ3) is 4.01. The van der Waals surface area contributed by atoms with Gasteiger partial charge in [-0.3, -0.25) is 0 Å². The van der Waals surface area contributed by atoms with Gasteiger partial charge in [0.25, 0.3) is 0 Å². The summed E-state index contributed by atoms with van der Waals surface area (Å²) in [4.78, 5) is 0. The Kier molecular flexibility index (Phi) is 5.89. The van der Waals surface area contributed by atoms with Gasteiger partial charge in [0, 0.05) is 11.5 Å². The third-order valence-corrected chi connectivity index (χ3v) is 4.63. The van der Waals surface area contributed by atoms with E-state index < -0.39 is 0 Å². The molecule has 0 saturated carbocycles. The van der Waals surface area contributed by atoms with Gasteiger partial charge in [-0.05, 0) is 32.2 Å². The summed E-state index contributed by atoms with van der Waals surface area (Å²) < 4.78 is 5.96. The van der Waals surface area contributed by atoms with Crippen LogP contribution < -0.4 is 5.32 Å². The Balaban J connectivity index is 2.00. The van der Waals surface area contributed by atoms with E-state index >= 15 is 0 Å². The number of thioether (sulfide) groups is 1. The van der Waals surface area contributed by atoms with Crippen molar-refractivity contribution in [1.29, 1.82) is 0 Å². The molecule has 0 aromatic heterocycles. The zero-order chi connectivity index (χ0) is 11.9. The van der Waals surface area contributed by atoms with Gasteiger partial charge in [0.2, 0.25) is 0 Å². The van der Waals surface area contributed by atoms with Crippen LogP contribution in [0.15, 0.2) is 11.6 Å². The average Bonchev–Trinajstić information content (AvgIpc) is 2.66. The van der Waals surface area contributed by atoms with Crippen LogP contribution in [-0.4, -0.2) is 36.8 Å². The number of ether oxygens (including phenoxy) is 1. The minimum Gasteiger partial charge on any atom is -0.375 e. The highest BCUT2D eigenvalue weighted by molar-refractivity contribution is 7.99. The first kappa shape index (κ1) is 13.4. The summed E-state index contributed by atoms with van der Waals surface area (Å²) >= 11 is 2.03. The lowest BCUT2D eigenvalue weighted by Crippen LogP contribution is -2.46. The Labute approximate surface area is 110 Å². The van der Waals surface area contributed by atoms with E-state index in [1.54, 1.807) is 5.57 Å². The number of allylic oxidation sites excluding steroid dienone is 1. The van der Waals surface area contributed by atoms with Crippen LogP contribution in [0.1, 0.15) is 39.0 Å². The lowest BCUT2D eigenvalue weighted by molar-refractivity contribution is 0.0556. The number of nitrogens with one attached hydrogen (secondary N) is 1. The highest BCUT2D eigenvalue weighted by atomic mass is 32.2. The molecule has 3 heteroatoms. The van der Waals surface area contributed by atoms with Gasteiger partial charge in [-0.25, -0.2) is 0 Å². The van der Waals surface area contributed by atoms with E-state index in [1.165, 1.54) is 32.1 Å². The van der Waals surface area contributed by atoms with E-state index in [-0.39, 0.29) is 0 Å². The molecule has 0 aromatic rings. The van der Waals surface area contributed by atoms with Crippen LogP contribution in [0.3, 0.4) is 0 Å². The average molecular weight is 255 g/mol. The van der Waals surface area contributed by atoms with E-state index in [0.29, 0.717) is 12.1 Å². The Bertz CT molecular complexity index is 249. The first-order valence-electron chi connectivity index (χ1n) is 7.03. The predicted molar refractivity (Wildman–Crippen MR) is 75.7 cm³/mol. The van der Waals surface area contributed by atoms with Crippen molar-refractivity contribution in [3.8, 4) is 0 Å². The Morgan fingerprint density at radius 3 is 3.18 bits per heavy atom. The highest BCUT2D eigenvalue weighted by Gasteiger charge is 2.27. The standard InChI is InChI=1S/C14H25NOS/c1-2-15-14(13-11-17-10-9-16-13)12-7-5-3-4-6-8-12/h7,13-15H,2-6,8-11H2,1H3. The van der Waals surface area contributed by atoms with Crippen LogP contribution >= 0.6 is 11.8 Å². The summed E-state index contributed by atoms with van der Waals surface area (Å²) in [6, 6.07) is 0.464. The highest BCUT2D eigenvalue weighted by Crippen LogP contribution is 2.25. The summed E-state index contributed by atoms with van der Waals surface area (Å²) in [5.74, 6) is 2.31. The molecule has 0 aromatic carbocycles. The monoisotopic (exact) mass is 255 g/mol. The Morgan fingerprint density at radius 2 is 2.41 bits per heavy atom. The van der Waals surface area contributed by atoms with Gasteiger partial charge in [0.15, 0.2) is 0 Å². The molecule has 1 aliphatic heterocycles. The molecule has 1 fully saturated rings. The molecular formula is C14H25NOS. The molecule has 2 rings (SSSR count). The number of hydrogen-bond donors (Lipinski definition) is 1. The molecule has 1 saturated heterocycles. The van der Waals surface area contributed by atoms with E-state index in [9.17, 15) is 0 Å². The Morgan fingerprint density at radius 1 is 1.47 bits per heavy atom. The Hall–Kier alpha value is 0.01000. The molecule has 2 aliphatic rings. The number of likely N-dealkylation sites (N-methyl/N-ethyl adjacent to an activating group) is 1. The van der Waals surface area contributed by atoms with Crippen molar-refractivity contribution >= 4 is 11.8 Å². The summed E-state index contributed by atoms with van der Waals surface area (Å²) in [5, 5.41) is 3.64. The fourth-order valence-electron chi connectivity index (χ4n) is 2.74. The quantitative estimate of drug-likeness (QED) is 0.780. The molecule has 0 radical (unpaired) electrons. The lowest BCUT2D eigenvalue weighted by atomic mass is 9.97. The molecule has 2 nitrogen and oxygen atoms in total. The first-order chi connectivity index (χ1) is 8.42. The van der Waals surface area contributed by atoms with E-state index in [0.717, 1.165) is 24.7 Å². The van der Waals surface area contributed by atoms with Crippen LogP contribution in [-0.2, 0) is 4.74 Å². The fourth-order valence-corrected chi connectivity index (χ4v) is 3.64. The van der Waals surface area contributed by atoms with Gasteiger partial charge in [-0.1, -0.05) is 25.0 Å². The van der Waals surface area contributed by atoms with Gasteiger partial charge in [0.1, 0.15) is 0 Å². The largest absolute Gasteiger partial charge is 0.375 e. The second kappa shape index (κ2) is 7.45. The maximum Gasteiger partial charge on any atom is 0.0857 e. The van der Waals surface area contributed by atoms with Gasteiger partial charge < -0.3 is 10.1 Å². The molecule has 98 valence electrons. The summed E-state index contributed by atoms with van der Waals surface area (Å²) in [6.45, 7) is 4.15. The molecule has 1 N–H and O–H groups in total. The maximum absolute atomic E-state index is 5.96. The van der Waals surface area contributed by atoms with Gasteiger partial charge in [0.05, 0.1) is 18.8 Å². The molecule has 17 heavy (non-hydrogen) atoms. The molecule has 1 heterocycles. The smallest absolute Gasteiger partial charge is 0.0857 e. The molecule has 2 atom stereocenters. The van der Waals surface area contributed by atoms with Crippen LogP contribution in [0.4, 0.5) is 0 Å². The molecule has 0 bridgehead atoms. The molecule has 0 amide bonds. The third-order valence-electron chi connectivity index (χ3n) is 3.61. The van der Waals surface area contributed by atoms with Crippen molar-refractivity contribution in [2.45, 2.75) is 51.2 Å². The second-order valence-corrected chi connectivity index (χ2v) is 6.05. The van der Waals surface area contributed by atoms with Crippen molar-refractivity contribution in [3.05, 3.63) is 11.6 Å². The van der Waals surface area contributed by atoms with Gasteiger partial charge in [-0.15, -0.1) is 0 Å². The van der Waals surface area contributed by atoms with Crippen molar-refractivity contribution in [3.63, 3.8) is 0 Å². The van der Waals surface area contributed by atoms with Crippen molar-refractivity contribution in [1.82, 2.24) is 5.32 Å². The summed E-state index contributed by atoms with van der Waals surface area (Å²) in [6.07, 6.45) is 9.50. The maximum atomic E-state index is 5.96. The van der Waals surface area contributed by atoms with Gasteiger partial charge >= 0.3 is 0 Å². The lowest BCUT2D eigenvalue weighted by Gasteiger charge is -2.32. The van der Waals surface area contributed by atoms with E-state index in [2.05, 4.69) is 18.3 Å². The van der Waals surface area contributed by atoms with Gasteiger partial charge in [-0.2, -0.15) is 11.8 Å². The topological polar surface area (TPSA) is 21.3 Å². The van der Waals surface area contributed by atoms with E-state index in [1.807, 2.05) is 11.8 Å². The molecule has 0 spiro atoms. The van der Waals surface area contributed by atoms with Crippen molar-refractivity contribution in [2.24, 2.45) is 0 Å². The second-order valence-electron chi connectivity index (χ2n) is 4.90. The van der Waals surface area contributed by atoms with Crippen LogP contribution in [0.5, 0.6) is 0 Å². The number of hydrogen-bond acceptors (Lipinski definition) is 3. The molecule has 1 aliphatic carbocycles. The zero-order valence-electron chi connectivity index (χ0n) is 10.9. The van der Waals surface area contributed by atoms with Crippen molar-refractivity contribution in [2.75, 3.05) is 24.7 Å². The predicted octanol–water partition coefficient (Wildman–Crippen LogP) is 2.99. The number of rotatable bonds is 4. The minimum absolute atomic E-state index is 0.387. The minimum atomic E-state index is 0.387. The summed E-state index contributed by atoms with van der Waals surface area (Å²) in [7, 11) is 0. The summed E-state index contributed by atoms with van der Waals surface area (Å²) in [5.41, 5.74) is 1.61. The van der Waals surface area contributed by atoms with Crippen LogP contribution in [0.2, 0.25) is 0 Å². The van der Waals surface area contributed by atoms with Crippen LogP contribution in [0.25, 0.3) is 0 Å². The zero-order valence-corrected chi connectivity index (χ0v) is 11.7. The first-order valence-corrected chi connectivity index (χ1v) is 8.19. The molecular weight excluding hydrogens is 230 g/mol. The van der Waals surface area contributed by atoms with Crippen LogP contribution in [0, 0.1) is 0 Å². The van der Waals surface area contributed by atoms with E-state index in [4.69, 9.17) is 4.74 Å². The normalized spacial score (nSPS) is 28.3. The SMILES string of the molecule is CCNC(C1=CCCCCC1)C1CSCCO1.